The summed E-state index contributed by atoms with van der Waals surface area (Å²) in [6, 6.07) is 8.73. The van der Waals surface area contributed by atoms with Gasteiger partial charge in [0, 0.05) is 18.7 Å². The van der Waals surface area contributed by atoms with Crippen molar-refractivity contribution in [1.29, 1.82) is 0 Å². The molecule has 0 unspecified atom stereocenters. The molecular weight excluding hydrogens is 252 g/mol. The molecule has 6 nitrogen and oxygen atoms in total. The molecular formula is C11H14N4O2S. The Bertz CT molecular complexity index is 657. The van der Waals surface area contributed by atoms with Gasteiger partial charge in [-0.3, -0.25) is 9.40 Å². The summed E-state index contributed by atoms with van der Waals surface area (Å²) in [7, 11) is -1.60. The van der Waals surface area contributed by atoms with Crippen molar-refractivity contribution in [3.63, 3.8) is 0 Å². The van der Waals surface area contributed by atoms with Crippen LogP contribution < -0.4 is 10.5 Å². The average Bonchev–Trinajstić information content (AvgIpc) is 2.57. The minimum Gasteiger partial charge on any atom is -0.384 e. The lowest BCUT2D eigenvalue weighted by Gasteiger charge is -2.08. The number of hydrogen-bond acceptors (Lipinski definition) is 4. The van der Waals surface area contributed by atoms with Crippen LogP contribution in [0.1, 0.15) is 0 Å². The maximum absolute atomic E-state index is 11.3. The van der Waals surface area contributed by atoms with Crippen molar-refractivity contribution in [2.45, 2.75) is 0 Å². The molecule has 7 heteroatoms. The summed E-state index contributed by atoms with van der Waals surface area (Å²) in [5.41, 5.74) is 7.52. The molecule has 0 aliphatic rings. The lowest BCUT2D eigenvalue weighted by Crippen LogP contribution is -2.10. The molecule has 2 aromatic rings. The molecule has 2 rings (SSSR count). The number of aryl methyl sites for hydroxylation is 1. The second-order valence-corrected chi connectivity index (χ2v) is 5.75. The van der Waals surface area contributed by atoms with Crippen molar-refractivity contribution in [2.75, 3.05) is 16.7 Å². The third kappa shape index (κ3) is 2.62. The number of benzene rings is 1. The highest BCUT2D eigenvalue weighted by atomic mass is 32.2. The van der Waals surface area contributed by atoms with Crippen LogP contribution >= 0.6 is 0 Å². The zero-order valence-electron chi connectivity index (χ0n) is 10.1. The first-order valence-electron chi connectivity index (χ1n) is 5.23. The third-order valence-corrected chi connectivity index (χ3v) is 3.01. The summed E-state index contributed by atoms with van der Waals surface area (Å²) in [5, 5.41) is 4.23. The van der Waals surface area contributed by atoms with Gasteiger partial charge in [0.2, 0.25) is 10.0 Å². The minimum atomic E-state index is -3.33. The number of nitrogens with zero attached hydrogens (tertiary/aromatic N) is 2. The van der Waals surface area contributed by atoms with E-state index in [2.05, 4.69) is 9.82 Å². The van der Waals surface area contributed by atoms with Crippen LogP contribution in [0, 0.1) is 0 Å². The first-order chi connectivity index (χ1) is 8.37. The van der Waals surface area contributed by atoms with E-state index in [1.165, 1.54) is 4.68 Å². The molecule has 0 spiro atoms. The first-order valence-corrected chi connectivity index (χ1v) is 7.12. The Kier molecular flexibility index (Phi) is 3.00. The summed E-state index contributed by atoms with van der Waals surface area (Å²) in [6.45, 7) is 0. The lowest BCUT2D eigenvalue weighted by atomic mass is 10.1. The fourth-order valence-electron chi connectivity index (χ4n) is 1.61. The lowest BCUT2D eigenvalue weighted by molar-refractivity contribution is 0.607. The predicted octanol–water partition coefficient (Wildman–Crippen LogP) is 1.04. The number of hydrogen-bond donors (Lipinski definition) is 2. The van der Waals surface area contributed by atoms with Gasteiger partial charge in [0.1, 0.15) is 5.82 Å². The second-order valence-electron chi connectivity index (χ2n) is 4.00. The van der Waals surface area contributed by atoms with Crippen LogP contribution in [0.2, 0.25) is 0 Å². The van der Waals surface area contributed by atoms with Crippen molar-refractivity contribution >= 4 is 21.5 Å². The molecule has 0 bridgehead atoms. The third-order valence-electron chi connectivity index (χ3n) is 2.41. The first kappa shape index (κ1) is 12.4. The van der Waals surface area contributed by atoms with Crippen LogP contribution in [0.25, 0.3) is 11.3 Å². The van der Waals surface area contributed by atoms with Gasteiger partial charge in [0.05, 0.1) is 17.6 Å². The summed E-state index contributed by atoms with van der Waals surface area (Å²) < 4.78 is 26.6. The van der Waals surface area contributed by atoms with Crippen molar-refractivity contribution in [3.05, 3.63) is 30.3 Å². The van der Waals surface area contributed by atoms with E-state index < -0.39 is 10.0 Å². The summed E-state index contributed by atoms with van der Waals surface area (Å²) >= 11 is 0. The molecule has 1 aromatic carbocycles. The summed E-state index contributed by atoms with van der Waals surface area (Å²) in [6.07, 6.45) is 1.11. The van der Waals surface area contributed by atoms with E-state index >= 15 is 0 Å². The summed E-state index contributed by atoms with van der Waals surface area (Å²) in [5.74, 6) is 0.513. The van der Waals surface area contributed by atoms with Crippen LogP contribution in [-0.4, -0.2) is 24.5 Å². The van der Waals surface area contributed by atoms with E-state index in [9.17, 15) is 8.42 Å². The number of para-hydroxylation sites is 1. The fourth-order valence-corrected chi connectivity index (χ4v) is 2.19. The zero-order valence-corrected chi connectivity index (χ0v) is 10.9. The number of anilines is 2. The van der Waals surface area contributed by atoms with E-state index in [0.717, 1.165) is 6.26 Å². The molecule has 1 aromatic heterocycles. The molecule has 18 heavy (non-hydrogen) atoms. The molecule has 0 atom stereocenters. The Morgan fingerprint density at radius 1 is 1.33 bits per heavy atom. The number of rotatable bonds is 3. The van der Waals surface area contributed by atoms with E-state index in [1.807, 2.05) is 6.07 Å². The van der Waals surface area contributed by atoms with Crippen molar-refractivity contribution in [1.82, 2.24) is 9.78 Å². The summed E-state index contributed by atoms with van der Waals surface area (Å²) in [4.78, 5) is 0. The van der Waals surface area contributed by atoms with Crippen molar-refractivity contribution in [2.24, 2.45) is 7.05 Å². The highest BCUT2D eigenvalue weighted by molar-refractivity contribution is 7.92. The average molecular weight is 266 g/mol. The topological polar surface area (TPSA) is 90.0 Å². The fraction of sp³-hybridized carbons (Fsp3) is 0.182. The number of nitrogens with two attached hydrogens (primary N) is 1. The van der Waals surface area contributed by atoms with Gasteiger partial charge in [-0.2, -0.15) is 5.10 Å². The molecule has 0 saturated carbocycles. The van der Waals surface area contributed by atoms with Crippen LogP contribution in [0.15, 0.2) is 30.3 Å². The normalized spacial score (nSPS) is 11.4. The number of sulfonamides is 1. The Balaban J connectivity index is 2.51. The van der Waals surface area contributed by atoms with Crippen molar-refractivity contribution in [3.8, 4) is 11.3 Å². The quantitative estimate of drug-likeness (QED) is 0.868. The molecule has 96 valence electrons. The van der Waals surface area contributed by atoms with Gasteiger partial charge >= 0.3 is 0 Å². The van der Waals surface area contributed by atoms with Crippen LogP contribution in [-0.2, 0) is 17.1 Å². The van der Waals surface area contributed by atoms with E-state index in [1.54, 1.807) is 31.3 Å². The molecule has 0 aliphatic heterocycles. The van der Waals surface area contributed by atoms with Gasteiger partial charge in [0.15, 0.2) is 0 Å². The maximum Gasteiger partial charge on any atom is 0.229 e. The molecule has 1 heterocycles. The number of nitrogens with one attached hydrogen (secondary N) is 1. The zero-order chi connectivity index (χ0) is 13.3. The van der Waals surface area contributed by atoms with Crippen LogP contribution in [0.5, 0.6) is 0 Å². The van der Waals surface area contributed by atoms with Gasteiger partial charge in [0.25, 0.3) is 0 Å². The molecule has 0 fully saturated rings. The minimum absolute atomic E-state index is 0.484. The Morgan fingerprint density at radius 3 is 2.56 bits per heavy atom. The monoisotopic (exact) mass is 266 g/mol. The largest absolute Gasteiger partial charge is 0.384 e. The Hall–Kier alpha value is -2.02. The molecule has 3 N–H and O–H groups in total. The van der Waals surface area contributed by atoms with E-state index in [-0.39, 0.29) is 0 Å². The molecule has 0 amide bonds. The molecule has 0 aliphatic carbocycles. The van der Waals surface area contributed by atoms with Gasteiger partial charge in [-0.25, -0.2) is 8.42 Å². The molecule has 0 radical (unpaired) electrons. The Labute approximate surface area is 105 Å². The standard InChI is InChI=1S/C11H14N4O2S/c1-15-11(12)7-10(13-15)8-5-3-4-6-9(8)14-18(2,16)17/h3-7,14H,12H2,1-2H3. The Morgan fingerprint density at radius 2 is 2.00 bits per heavy atom. The van der Waals surface area contributed by atoms with Crippen LogP contribution in [0.3, 0.4) is 0 Å². The van der Waals surface area contributed by atoms with Crippen molar-refractivity contribution < 1.29 is 8.42 Å². The smallest absolute Gasteiger partial charge is 0.229 e. The predicted molar refractivity (Wildman–Crippen MR) is 71.5 cm³/mol. The second kappa shape index (κ2) is 4.34. The maximum atomic E-state index is 11.3. The van der Waals surface area contributed by atoms with E-state index in [0.29, 0.717) is 22.8 Å². The van der Waals surface area contributed by atoms with Crippen LogP contribution in [0.4, 0.5) is 11.5 Å². The van der Waals surface area contributed by atoms with Gasteiger partial charge in [-0.05, 0) is 6.07 Å². The van der Waals surface area contributed by atoms with E-state index in [4.69, 9.17) is 5.73 Å². The highest BCUT2D eigenvalue weighted by Gasteiger charge is 2.11. The number of nitrogen functional groups attached to an aromatic ring is 1. The van der Waals surface area contributed by atoms with Gasteiger partial charge in [-0.15, -0.1) is 0 Å². The molecule has 0 saturated heterocycles. The SMILES string of the molecule is Cn1nc(-c2ccccc2NS(C)(=O)=O)cc1N. The van der Waals surface area contributed by atoms with Gasteiger partial charge < -0.3 is 5.73 Å². The highest BCUT2D eigenvalue weighted by Crippen LogP contribution is 2.28. The number of aromatic nitrogens is 2. The van der Waals surface area contributed by atoms with Gasteiger partial charge in [-0.1, -0.05) is 18.2 Å².